The Bertz CT molecular complexity index is 415. The van der Waals surface area contributed by atoms with E-state index in [1.165, 1.54) is 19.3 Å². The Balaban J connectivity index is 1.45. The van der Waals surface area contributed by atoms with Gasteiger partial charge in [-0.05, 0) is 43.1 Å². The lowest BCUT2D eigenvalue weighted by atomic mass is 9.75. The summed E-state index contributed by atoms with van der Waals surface area (Å²) in [6, 6.07) is 9.67. The van der Waals surface area contributed by atoms with Crippen LogP contribution in [0.3, 0.4) is 0 Å². The maximum absolute atomic E-state index is 11.6. The molecule has 2 saturated carbocycles. The quantitative estimate of drug-likeness (QED) is 0.765. The summed E-state index contributed by atoms with van der Waals surface area (Å²) in [6.07, 6.45) is 4.32. The molecule has 3 heteroatoms. The zero-order valence-corrected chi connectivity index (χ0v) is 10.4. The van der Waals surface area contributed by atoms with Gasteiger partial charge in [-0.15, -0.1) is 0 Å². The van der Waals surface area contributed by atoms with Gasteiger partial charge in [0.1, 0.15) is 12.7 Å². The number of hydrogen-bond acceptors (Lipinski definition) is 3. The molecule has 0 aromatic heterocycles. The Hall–Kier alpha value is -1.51. The molecule has 0 bridgehead atoms. The van der Waals surface area contributed by atoms with Gasteiger partial charge in [0.05, 0.1) is 0 Å². The molecule has 0 saturated heterocycles. The summed E-state index contributed by atoms with van der Waals surface area (Å²) < 4.78 is 10.5. The van der Waals surface area contributed by atoms with E-state index in [9.17, 15) is 4.79 Å². The molecule has 18 heavy (non-hydrogen) atoms. The van der Waals surface area contributed by atoms with Gasteiger partial charge in [-0.2, -0.15) is 0 Å². The molecule has 2 aliphatic carbocycles. The molecule has 3 rings (SSSR count). The fraction of sp³-hybridized carbons (Fsp3) is 0.533. The minimum atomic E-state index is -0.517. The lowest BCUT2D eigenvalue weighted by molar-refractivity contribution is -0.0117. The molecule has 2 fully saturated rings. The van der Waals surface area contributed by atoms with Crippen LogP contribution in [-0.2, 0) is 16.1 Å². The molecule has 0 spiro atoms. The van der Waals surface area contributed by atoms with Crippen molar-refractivity contribution in [3.05, 3.63) is 35.9 Å². The number of carbonyl (C=O) groups is 1. The molecule has 3 nitrogen and oxygen atoms in total. The maximum atomic E-state index is 11.6. The fourth-order valence-corrected chi connectivity index (χ4v) is 3.06. The third-order valence-corrected chi connectivity index (χ3v) is 4.22. The van der Waals surface area contributed by atoms with Crippen molar-refractivity contribution < 1.29 is 14.3 Å². The number of hydrogen-bond donors (Lipinski definition) is 0. The van der Waals surface area contributed by atoms with Crippen LogP contribution >= 0.6 is 0 Å². The van der Waals surface area contributed by atoms with Crippen molar-refractivity contribution in [2.45, 2.75) is 38.4 Å². The summed E-state index contributed by atoms with van der Waals surface area (Å²) in [5.41, 5.74) is 0.988. The van der Waals surface area contributed by atoms with Gasteiger partial charge in [0.25, 0.3) is 0 Å². The van der Waals surface area contributed by atoms with Crippen LogP contribution in [0, 0.1) is 11.8 Å². The maximum Gasteiger partial charge on any atom is 0.508 e. The minimum Gasteiger partial charge on any atom is -0.431 e. The van der Waals surface area contributed by atoms with E-state index in [4.69, 9.17) is 9.47 Å². The Morgan fingerprint density at radius 3 is 2.56 bits per heavy atom. The van der Waals surface area contributed by atoms with Crippen LogP contribution in [0.2, 0.25) is 0 Å². The molecule has 3 unspecified atom stereocenters. The molecule has 96 valence electrons. The number of ether oxygens (including phenoxy) is 2. The van der Waals surface area contributed by atoms with Crippen molar-refractivity contribution in [3.63, 3.8) is 0 Å². The number of rotatable bonds is 3. The van der Waals surface area contributed by atoms with Gasteiger partial charge in [-0.25, -0.2) is 4.79 Å². The fourth-order valence-electron chi connectivity index (χ4n) is 3.06. The summed E-state index contributed by atoms with van der Waals surface area (Å²) in [5, 5.41) is 0. The van der Waals surface area contributed by atoms with E-state index in [1.54, 1.807) is 0 Å². The summed E-state index contributed by atoms with van der Waals surface area (Å²) in [7, 11) is 0. The van der Waals surface area contributed by atoms with Crippen LogP contribution in [0.5, 0.6) is 0 Å². The molecule has 1 aromatic rings. The third-order valence-electron chi connectivity index (χ3n) is 4.22. The molecular weight excluding hydrogens is 228 g/mol. The van der Waals surface area contributed by atoms with Crippen molar-refractivity contribution in [3.8, 4) is 0 Å². The van der Waals surface area contributed by atoms with Gasteiger partial charge >= 0.3 is 6.16 Å². The first-order valence-electron chi connectivity index (χ1n) is 6.70. The van der Waals surface area contributed by atoms with Crippen LogP contribution in [0.1, 0.15) is 31.2 Å². The van der Waals surface area contributed by atoms with Crippen LogP contribution in [0.25, 0.3) is 0 Å². The molecule has 0 aliphatic heterocycles. The van der Waals surface area contributed by atoms with Crippen molar-refractivity contribution >= 4 is 6.16 Å². The average Bonchev–Trinajstić information content (AvgIpc) is 2.62. The molecule has 0 radical (unpaired) electrons. The number of benzene rings is 1. The molecule has 2 aliphatic rings. The zero-order valence-electron chi connectivity index (χ0n) is 10.4. The van der Waals surface area contributed by atoms with Crippen molar-refractivity contribution in [1.82, 2.24) is 0 Å². The minimum absolute atomic E-state index is 0.104. The summed E-state index contributed by atoms with van der Waals surface area (Å²) >= 11 is 0. The summed E-state index contributed by atoms with van der Waals surface area (Å²) in [5.74, 6) is 1.41. The van der Waals surface area contributed by atoms with E-state index < -0.39 is 6.16 Å². The van der Waals surface area contributed by atoms with E-state index in [2.05, 4.69) is 0 Å². The van der Waals surface area contributed by atoms with Gasteiger partial charge < -0.3 is 9.47 Å². The van der Waals surface area contributed by atoms with Crippen molar-refractivity contribution in [2.24, 2.45) is 11.8 Å². The Morgan fingerprint density at radius 2 is 1.89 bits per heavy atom. The third kappa shape index (κ3) is 2.35. The first kappa shape index (κ1) is 11.6. The molecule has 0 amide bonds. The first-order chi connectivity index (χ1) is 8.83. The standard InChI is InChI=1S/C15H18O3/c16-15(17-10-11-4-2-1-3-5-11)18-14-9-7-12-6-8-13(12)14/h1-5,12-14H,6-10H2. The lowest BCUT2D eigenvalue weighted by Crippen LogP contribution is -2.31. The highest BCUT2D eigenvalue weighted by atomic mass is 16.7. The molecule has 0 N–H and O–H groups in total. The van der Waals surface area contributed by atoms with Gasteiger partial charge in [0.2, 0.25) is 0 Å². The largest absolute Gasteiger partial charge is 0.508 e. The second-order valence-corrected chi connectivity index (χ2v) is 5.26. The van der Waals surface area contributed by atoms with Gasteiger partial charge in [-0.3, -0.25) is 0 Å². The van der Waals surface area contributed by atoms with E-state index >= 15 is 0 Å². The van der Waals surface area contributed by atoms with Crippen LogP contribution in [0.4, 0.5) is 4.79 Å². The molecule has 0 heterocycles. The Morgan fingerprint density at radius 1 is 1.11 bits per heavy atom. The average molecular weight is 246 g/mol. The molecule has 1 aromatic carbocycles. The van der Waals surface area contributed by atoms with E-state index in [0.29, 0.717) is 12.5 Å². The summed E-state index contributed by atoms with van der Waals surface area (Å²) in [4.78, 5) is 11.6. The zero-order chi connectivity index (χ0) is 12.4. The second kappa shape index (κ2) is 5.01. The van der Waals surface area contributed by atoms with Crippen LogP contribution in [0.15, 0.2) is 30.3 Å². The topological polar surface area (TPSA) is 35.5 Å². The highest BCUT2D eigenvalue weighted by Crippen LogP contribution is 2.48. The normalized spacial score (nSPS) is 29.2. The van der Waals surface area contributed by atoms with Crippen molar-refractivity contribution in [2.75, 3.05) is 0 Å². The van der Waals surface area contributed by atoms with Gasteiger partial charge in [0, 0.05) is 0 Å². The first-order valence-corrected chi connectivity index (χ1v) is 6.70. The summed E-state index contributed by atoms with van der Waals surface area (Å²) in [6.45, 7) is 0.292. The molecular formula is C15H18O3. The highest BCUT2D eigenvalue weighted by molar-refractivity contribution is 5.60. The number of fused-ring (bicyclic) bond motifs is 1. The lowest BCUT2D eigenvalue weighted by Gasteiger charge is -2.33. The van der Waals surface area contributed by atoms with E-state index in [0.717, 1.165) is 17.9 Å². The second-order valence-electron chi connectivity index (χ2n) is 5.26. The predicted molar refractivity (Wildman–Crippen MR) is 66.9 cm³/mol. The van der Waals surface area contributed by atoms with E-state index in [-0.39, 0.29) is 6.10 Å². The van der Waals surface area contributed by atoms with Crippen LogP contribution in [-0.4, -0.2) is 12.3 Å². The van der Waals surface area contributed by atoms with Gasteiger partial charge in [-0.1, -0.05) is 30.3 Å². The van der Waals surface area contributed by atoms with Crippen molar-refractivity contribution in [1.29, 1.82) is 0 Å². The number of carbonyl (C=O) groups excluding carboxylic acids is 1. The van der Waals surface area contributed by atoms with Gasteiger partial charge in [0.15, 0.2) is 0 Å². The monoisotopic (exact) mass is 246 g/mol. The van der Waals surface area contributed by atoms with E-state index in [1.807, 2.05) is 30.3 Å². The Kier molecular flexibility index (Phi) is 3.22. The SMILES string of the molecule is O=C(OCc1ccccc1)OC1CCC2CCC21. The smallest absolute Gasteiger partial charge is 0.431 e. The molecule has 3 atom stereocenters. The predicted octanol–water partition coefficient (Wildman–Crippen LogP) is 3.53. The van der Waals surface area contributed by atoms with Crippen LogP contribution < -0.4 is 0 Å². The Labute approximate surface area is 107 Å². The highest BCUT2D eigenvalue weighted by Gasteiger charge is 2.44.